The number of ketones is 1. The van der Waals surface area contributed by atoms with Gasteiger partial charge >= 0.3 is 5.97 Å². The topological polar surface area (TPSA) is 69.4 Å². The molecule has 0 atom stereocenters. The van der Waals surface area contributed by atoms with E-state index >= 15 is 0 Å². The predicted molar refractivity (Wildman–Crippen MR) is 57.7 cm³/mol. The van der Waals surface area contributed by atoms with Gasteiger partial charge in [-0.2, -0.15) is 0 Å². The van der Waals surface area contributed by atoms with Gasteiger partial charge in [0, 0.05) is 11.6 Å². The molecule has 2 rings (SSSR count). The summed E-state index contributed by atoms with van der Waals surface area (Å²) in [6.45, 7) is 0. The van der Waals surface area contributed by atoms with E-state index in [2.05, 4.69) is 9.89 Å². The van der Waals surface area contributed by atoms with Crippen molar-refractivity contribution in [1.29, 1.82) is 0 Å². The lowest BCUT2D eigenvalue weighted by Crippen LogP contribution is -2.01. The van der Waals surface area contributed by atoms with Crippen LogP contribution in [0.1, 0.15) is 26.6 Å². The number of ether oxygens (including phenoxy) is 1. The zero-order chi connectivity index (χ0) is 12.3. The van der Waals surface area contributed by atoms with E-state index in [-0.39, 0.29) is 17.2 Å². The number of rotatable bonds is 3. The molecule has 0 aliphatic heterocycles. The van der Waals surface area contributed by atoms with Crippen LogP contribution >= 0.6 is 0 Å². The van der Waals surface area contributed by atoms with Crippen molar-refractivity contribution in [3.63, 3.8) is 0 Å². The van der Waals surface area contributed by atoms with Gasteiger partial charge in [0.15, 0.2) is 5.69 Å². The van der Waals surface area contributed by atoms with Gasteiger partial charge in [-0.1, -0.05) is 35.5 Å². The molecule has 0 aliphatic rings. The third kappa shape index (κ3) is 2.23. The first kappa shape index (κ1) is 11.1. The molecule has 0 spiro atoms. The lowest BCUT2D eigenvalue weighted by Gasteiger charge is -1.94. The molecule has 86 valence electrons. The molecule has 1 aromatic heterocycles. The second-order valence-corrected chi connectivity index (χ2v) is 3.26. The predicted octanol–water partition coefficient (Wildman–Crippen LogP) is 1.69. The summed E-state index contributed by atoms with van der Waals surface area (Å²) >= 11 is 0. The van der Waals surface area contributed by atoms with Crippen molar-refractivity contribution in [3.05, 3.63) is 53.4 Å². The minimum Gasteiger partial charge on any atom is -0.463 e. The number of hydrogen-bond donors (Lipinski definition) is 0. The first-order valence-electron chi connectivity index (χ1n) is 4.87. The van der Waals surface area contributed by atoms with Gasteiger partial charge in [-0.05, 0) is 0 Å². The molecule has 0 bridgehead atoms. The number of hydrogen-bond acceptors (Lipinski definition) is 5. The lowest BCUT2D eigenvalue weighted by atomic mass is 10.1. The molecule has 0 amide bonds. The summed E-state index contributed by atoms with van der Waals surface area (Å²) in [5.41, 5.74) is 0.564. The van der Waals surface area contributed by atoms with Gasteiger partial charge in [0.05, 0.1) is 7.11 Å². The van der Waals surface area contributed by atoms with Crippen LogP contribution in [0.4, 0.5) is 0 Å². The van der Waals surface area contributed by atoms with E-state index in [9.17, 15) is 9.59 Å². The Morgan fingerprint density at radius 1 is 1.24 bits per heavy atom. The summed E-state index contributed by atoms with van der Waals surface area (Å²) < 4.78 is 9.17. The fourth-order valence-electron chi connectivity index (χ4n) is 1.32. The Hall–Kier alpha value is -2.43. The summed E-state index contributed by atoms with van der Waals surface area (Å²) in [4.78, 5) is 23.0. The average molecular weight is 231 g/mol. The smallest absolute Gasteiger partial charge is 0.376 e. The van der Waals surface area contributed by atoms with Crippen LogP contribution in [0.25, 0.3) is 0 Å². The van der Waals surface area contributed by atoms with Gasteiger partial charge in [0.1, 0.15) is 0 Å². The van der Waals surface area contributed by atoms with Crippen LogP contribution < -0.4 is 0 Å². The van der Waals surface area contributed by atoms with Crippen LogP contribution in [0.3, 0.4) is 0 Å². The summed E-state index contributed by atoms with van der Waals surface area (Å²) in [6.07, 6.45) is 0. The molecule has 0 fully saturated rings. The van der Waals surface area contributed by atoms with Crippen molar-refractivity contribution in [3.8, 4) is 0 Å². The van der Waals surface area contributed by atoms with Crippen LogP contribution in [0.2, 0.25) is 0 Å². The van der Waals surface area contributed by atoms with Crippen LogP contribution in [0, 0.1) is 0 Å². The third-order valence-electron chi connectivity index (χ3n) is 2.17. The molecule has 5 heteroatoms. The van der Waals surface area contributed by atoms with E-state index in [1.165, 1.54) is 13.2 Å². The molecule has 2 aromatic rings. The lowest BCUT2D eigenvalue weighted by molar-refractivity contribution is 0.0554. The van der Waals surface area contributed by atoms with Crippen LogP contribution in [-0.4, -0.2) is 24.0 Å². The van der Waals surface area contributed by atoms with Crippen LogP contribution in [-0.2, 0) is 4.74 Å². The fourth-order valence-corrected chi connectivity index (χ4v) is 1.32. The number of carbonyl (C=O) groups is 2. The number of aromatic nitrogens is 1. The largest absolute Gasteiger partial charge is 0.463 e. The van der Waals surface area contributed by atoms with E-state index in [1.807, 2.05) is 0 Å². The van der Waals surface area contributed by atoms with Crippen LogP contribution in [0.15, 0.2) is 40.9 Å². The van der Waals surface area contributed by atoms with Gasteiger partial charge in [0.25, 0.3) is 0 Å². The molecule has 0 unspecified atom stereocenters. The van der Waals surface area contributed by atoms with E-state index in [0.29, 0.717) is 5.56 Å². The number of methoxy groups -OCH3 is 1. The second kappa shape index (κ2) is 4.61. The van der Waals surface area contributed by atoms with Crippen molar-refractivity contribution >= 4 is 11.8 Å². The SMILES string of the molecule is COC(=O)c1cc(C(=O)c2ccccc2)no1. The minimum absolute atomic E-state index is 0.0802. The maximum Gasteiger partial charge on any atom is 0.376 e. The second-order valence-electron chi connectivity index (χ2n) is 3.26. The standard InChI is InChI=1S/C12H9NO4/c1-16-12(15)10-7-9(13-17-10)11(14)8-5-3-2-4-6-8/h2-7H,1H3. The Kier molecular flexibility index (Phi) is 3.00. The minimum atomic E-state index is -0.662. The first-order valence-corrected chi connectivity index (χ1v) is 4.87. The Morgan fingerprint density at radius 3 is 2.59 bits per heavy atom. The van der Waals surface area contributed by atoms with Crippen molar-refractivity contribution in [2.24, 2.45) is 0 Å². The fraction of sp³-hybridized carbons (Fsp3) is 0.0833. The highest BCUT2D eigenvalue weighted by Gasteiger charge is 2.18. The normalized spacial score (nSPS) is 9.94. The first-order chi connectivity index (χ1) is 8.22. The zero-order valence-corrected chi connectivity index (χ0v) is 9.04. The Bertz CT molecular complexity index is 545. The molecule has 17 heavy (non-hydrogen) atoms. The molecule has 5 nitrogen and oxygen atoms in total. The van der Waals surface area contributed by atoms with E-state index in [4.69, 9.17) is 4.52 Å². The molecular weight excluding hydrogens is 222 g/mol. The summed E-state index contributed by atoms with van der Waals surface area (Å²) in [5.74, 6) is -1.05. The third-order valence-corrected chi connectivity index (χ3v) is 2.17. The molecule has 0 aliphatic carbocycles. The highest BCUT2D eigenvalue weighted by atomic mass is 16.5. The van der Waals surface area contributed by atoms with E-state index < -0.39 is 5.97 Å². The molecule has 0 radical (unpaired) electrons. The molecule has 0 saturated heterocycles. The highest BCUT2D eigenvalue weighted by Crippen LogP contribution is 2.11. The summed E-state index contributed by atoms with van der Waals surface area (Å²) in [6, 6.07) is 9.88. The van der Waals surface area contributed by atoms with E-state index in [1.54, 1.807) is 30.3 Å². The van der Waals surface area contributed by atoms with E-state index in [0.717, 1.165) is 0 Å². The van der Waals surface area contributed by atoms with Crippen molar-refractivity contribution in [1.82, 2.24) is 5.16 Å². The van der Waals surface area contributed by atoms with Gasteiger partial charge in [-0.15, -0.1) is 0 Å². The maximum atomic E-state index is 11.9. The number of esters is 1. The molecule has 0 N–H and O–H groups in total. The average Bonchev–Trinajstić information content (AvgIpc) is 2.87. The number of carbonyl (C=O) groups excluding carboxylic acids is 2. The number of nitrogens with zero attached hydrogens (tertiary/aromatic N) is 1. The van der Waals surface area contributed by atoms with Crippen molar-refractivity contribution < 1.29 is 18.8 Å². The molecular formula is C12H9NO4. The van der Waals surface area contributed by atoms with Gasteiger partial charge < -0.3 is 9.26 Å². The Labute approximate surface area is 97.0 Å². The van der Waals surface area contributed by atoms with Gasteiger partial charge in [-0.25, -0.2) is 4.79 Å². The van der Waals surface area contributed by atoms with Gasteiger partial charge in [0.2, 0.25) is 11.5 Å². The van der Waals surface area contributed by atoms with Crippen LogP contribution in [0.5, 0.6) is 0 Å². The van der Waals surface area contributed by atoms with Crippen molar-refractivity contribution in [2.45, 2.75) is 0 Å². The quantitative estimate of drug-likeness (QED) is 0.593. The number of benzene rings is 1. The van der Waals surface area contributed by atoms with Gasteiger partial charge in [-0.3, -0.25) is 4.79 Å². The molecule has 1 aromatic carbocycles. The highest BCUT2D eigenvalue weighted by molar-refractivity contribution is 6.08. The van der Waals surface area contributed by atoms with Crippen molar-refractivity contribution in [2.75, 3.05) is 7.11 Å². The molecule has 0 saturated carbocycles. The maximum absolute atomic E-state index is 11.9. The zero-order valence-electron chi connectivity index (χ0n) is 9.04. The monoisotopic (exact) mass is 231 g/mol. The molecule has 1 heterocycles. The Balaban J connectivity index is 2.27. The summed E-state index contributed by atoms with van der Waals surface area (Å²) in [5, 5.41) is 3.54. The summed E-state index contributed by atoms with van der Waals surface area (Å²) in [7, 11) is 1.23. The Morgan fingerprint density at radius 2 is 1.94 bits per heavy atom.